The molecule has 0 bridgehead atoms. The molecule has 48 valence electrons. The third-order valence-electron chi connectivity index (χ3n) is 0.987. The van der Waals surface area contributed by atoms with Crippen molar-refractivity contribution in [1.29, 1.82) is 0 Å². The molecular formula is C6H5ClIN. The van der Waals surface area contributed by atoms with Crippen LogP contribution in [0.1, 0.15) is 5.69 Å². The van der Waals surface area contributed by atoms with E-state index in [0.717, 1.165) is 9.26 Å². The maximum Gasteiger partial charge on any atom is 0.129 e. The van der Waals surface area contributed by atoms with E-state index in [-0.39, 0.29) is 0 Å². The summed E-state index contributed by atoms with van der Waals surface area (Å²) < 4.78 is 1.15. The maximum atomic E-state index is 5.60. The Labute approximate surface area is 72.6 Å². The van der Waals surface area contributed by atoms with Crippen LogP contribution < -0.4 is 0 Å². The van der Waals surface area contributed by atoms with Crippen molar-refractivity contribution in [3.63, 3.8) is 0 Å². The largest absolute Gasteiger partial charge is 0.240 e. The highest BCUT2D eigenvalue weighted by molar-refractivity contribution is 14.1. The smallest absolute Gasteiger partial charge is 0.129 e. The predicted molar refractivity (Wildman–Crippen MR) is 46.7 cm³/mol. The van der Waals surface area contributed by atoms with E-state index in [0.29, 0.717) is 5.15 Å². The van der Waals surface area contributed by atoms with E-state index in [1.807, 2.05) is 13.0 Å². The van der Waals surface area contributed by atoms with Crippen molar-refractivity contribution in [2.24, 2.45) is 0 Å². The van der Waals surface area contributed by atoms with Gasteiger partial charge in [0.25, 0.3) is 0 Å². The second-order valence-electron chi connectivity index (χ2n) is 1.70. The van der Waals surface area contributed by atoms with Gasteiger partial charge in [-0.15, -0.1) is 0 Å². The summed E-state index contributed by atoms with van der Waals surface area (Å²) in [7, 11) is 0. The van der Waals surface area contributed by atoms with Crippen molar-refractivity contribution in [2.45, 2.75) is 6.92 Å². The zero-order chi connectivity index (χ0) is 6.85. The highest BCUT2D eigenvalue weighted by Crippen LogP contribution is 2.11. The molecule has 0 aliphatic carbocycles. The summed E-state index contributed by atoms with van der Waals surface area (Å²) >= 11 is 7.82. The zero-order valence-electron chi connectivity index (χ0n) is 4.86. The van der Waals surface area contributed by atoms with Gasteiger partial charge in [0.15, 0.2) is 0 Å². The summed E-state index contributed by atoms with van der Waals surface area (Å²) in [4.78, 5) is 4.03. The molecule has 0 atom stereocenters. The quantitative estimate of drug-likeness (QED) is 0.512. The Bertz CT molecular complexity index is 224. The molecule has 9 heavy (non-hydrogen) atoms. The van der Waals surface area contributed by atoms with Gasteiger partial charge in [-0.2, -0.15) is 0 Å². The molecule has 1 aromatic heterocycles. The number of aryl methyl sites for hydroxylation is 1. The van der Waals surface area contributed by atoms with Crippen LogP contribution in [0.25, 0.3) is 0 Å². The molecule has 0 fully saturated rings. The van der Waals surface area contributed by atoms with Crippen LogP contribution in [0.5, 0.6) is 0 Å². The molecule has 3 heteroatoms. The number of halogens is 2. The van der Waals surface area contributed by atoms with E-state index in [4.69, 9.17) is 11.6 Å². The first-order chi connectivity index (χ1) is 4.20. The Hall–Kier alpha value is 0.170. The molecular weight excluding hydrogens is 248 g/mol. The van der Waals surface area contributed by atoms with E-state index < -0.39 is 0 Å². The Morgan fingerprint density at radius 3 is 2.67 bits per heavy atom. The minimum absolute atomic E-state index is 0.563. The van der Waals surface area contributed by atoms with Crippen molar-refractivity contribution in [3.05, 3.63) is 26.5 Å². The molecule has 0 radical (unpaired) electrons. The summed E-state index contributed by atoms with van der Waals surface area (Å²) in [6, 6.07) is 3.74. The Morgan fingerprint density at radius 2 is 2.22 bits per heavy atom. The third kappa shape index (κ3) is 1.79. The standard InChI is InChI=1S/C6H5ClIN/c1-4-5(8)2-3-6(7)9-4/h2-3H,1H3. The maximum absolute atomic E-state index is 5.60. The van der Waals surface area contributed by atoms with Crippen molar-refractivity contribution >= 4 is 34.2 Å². The fraction of sp³-hybridized carbons (Fsp3) is 0.167. The fourth-order valence-electron chi connectivity index (χ4n) is 0.513. The molecule has 1 rings (SSSR count). The Balaban J connectivity index is 3.17. The van der Waals surface area contributed by atoms with E-state index in [1.165, 1.54) is 0 Å². The molecule has 1 aromatic rings. The molecule has 0 spiro atoms. The molecule has 0 saturated carbocycles. The van der Waals surface area contributed by atoms with E-state index >= 15 is 0 Å². The van der Waals surface area contributed by atoms with Gasteiger partial charge in [-0.25, -0.2) is 4.98 Å². The lowest BCUT2D eigenvalue weighted by molar-refractivity contribution is 1.18. The van der Waals surface area contributed by atoms with Gasteiger partial charge in [-0.1, -0.05) is 11.6 Å². The second kappa shape index (κ2) is 2.84. The Morgan fingerprint density at radius 1 is 1.56 bits per heavy atom. The third-order valence-corrected chi connectivity index (χ3v) is 2.34. The monoisotopic (exact) mass is 253 g/mol. The van der Waals surface area contributed by atoms with Gasteiger partial charge in [0.05, 0.1) is 5.69 Å². The predicted octanol–water partition coefficient (Wildman–Crippen LogP) is 2.65. The summed E-state index contributed by atoms with van der Waals surface area (Å²) in [5.74, 6) is 0. The fourth-order valence-corrected chi connectivity index (χ4v) is 1.00. The minimum Gasteiger partial charge on any atom is -0.240 e. The van der Waals surface area contributed by atoms with Crippen molar-refractivity contribution in [2.75, 3.05) is 0 Å². The van der Waals surface area contributed by atoms with Gasteiger partial charge < -0.3 is 0 Å². The van der Waals surface area contributed by atoms with Gasteiger partial charge >= 0.3 is 0 Å². The number of aromatic nitrogens is 1. The van der Waals surface area contributed by atoms with Gasteiger partial charge in [0.1, 0.15) is 5.15 Å². The first-order valence-corrected chi connectivity index (χ1v) is 3.94. The number of hydrogen-bond acceptors (Lipinski definition) is 1. The molecule has 0 aliphatic heterocycles. The number of rotatable bonds is 0. The lowest BCUT2D eigenvalue weighted by Crippen LogP contribution is -1.84. The van der Waals surface area contributed by atoms with Crippen LogP contribution in [0.15, 0.2) is 12.1 Å². The molecule has 0 saturated heterocycles. The van der Waals surface area contributed by atoms with Crippen LogP contribution in [-0.2, 0) is 0 Å². The lowest BCUT2D eigenvalue weighted by atomic mass is 10.4. The van der Waals surface area contributed by atoms with Crippen LogP contribution in [0.4, 0.5) is 0 Å². The van der Waals surface area contributed by atoms with Crippen molar-refractivity contribution in [1.82, 2.24) is 4.98 Å². The van der Waals surface area contributed by atoms with Crippen LogP contribution in [0.3, 0.4) is 0 Å². The first kappa shape index (κ1) is 7.28. The Kier molecular flexibility index (Phi) is 2.29. The zero-order valence-corrected chi connectivity index (χ0v) is 7.77. The molecule has 1 nitrogen and oxygen atoms in total. The molecule has 0 unspecified atom stereocenters. The van der Waals surface area contributed by atoms with Gasteiger partial charge in [-0.05, 0) is 41.6 Å². The lowest BCUT2D eigenvalue weighted by Gasteiger charge is -1.94. The van der Waals surface area contributed by atoms with E-state index in [1.54, 1.807) is 6.07 Å². The van der Waals surface area contributed by atoms with Crippen LogP contribution in [0, 0.1) is 10.5 Å². The number of pyridine rings is 1. The average Bonchev–Trinajstić information content (AvgIpc) is 1.80. The van der Waals surface area contributed by atoms with Crippen LogP contribution >= 0.6 is 34.2 Å². The first-order valence-electron chi connectivity index (χ1n) is 2.49. The van der Waals surface area contributed by atoms with Crippen molar-refractivity contribution in [3.8, 4) is 0 Å². The SMILES string of the molecule is Cc1nc(Cl)ccc1I. The van der Waals surface area contributed by atoms with Crippen molar-refractivity contribution < 1.29 is 0 Å². The summed E-state index contributed by atoms with van der Waals surface area (Å²) in [5.41, 5.74) is 0.989. The number of nitrogens with zero attached hydrogens (tertiary/aromatic N) is 1. The average molecular weight is 253 g/mol. The normalized spacial score (nSPS) is 9.67. The minimum atomic E-state index is 0.563. The van der Waals surface area contributed by atoms with Gasteiger partial charge in [-0.3, -0.25) is 0 Å². The highest BCUT2D eigenvalue weighted by atomic mass is 127. The summed E-state index contributed by atoms with van der Waals surface area (Å²) in [6.45, 7) is 1.94. The number of hydrogen-bond donors (Lipinski definition) is 0. The van der Waals surface area contributed by atoms with Crippen LogP contribution in [0.2, 0.25) is 5.15 Å². The van der Waals surface area contributed by atoms with E-state index in [2.05, 4.69) is 27.6 Å². The van der Waals surface area contributed by atoms with Gasteiger partial charge in [0, 0.05) is 3.57 Å². The molecule has 0 aromatic carbocycles. The molecule has 0 N–H and O–H groups in total. The highest BCUT2D eigenvalue weighted by Gasteiger charge is 1.93. The molecule has 0 aliphatic rings. The molecule has 0 amide bonds. The summed E-state index contributed by atoms with van der Waals surface area (Å²) in [5, 5.41) is 0.563. The topological polar surface area (TPSA) is 12.9 Å². The summed E-state index contributed by atoms with van der Waals surface area (Å²) in [6.07, 6.45) is 0. The van der Waals surface area contributed by atoms with E-state index in [9.17, 15) is 0 Å². The van der Waals surface area contributed by atoms with Crippen LogP contribution in [-0.4, -0.2) is 4.98 Å². The van der Waals surface area contributed by atoms with Gasteiger partial charge in [0.2, 0.25) is 0 Å². The molecule has 1 heterocycles. The second-order valence-corrected chi connectivity index (χ2v) is 3.25.